The van der Waals surface area contributed by atoms with Gasteiger partial charge in [-0.3, -0.25) is 24.0 Å². The number of carboxylic acid groups (broad SMARTS) is 1. The Hall–Kier alpha value is -8.06. The molecule has 0 bridgehead atoms. The Bertz CT molecular complexity index is 2340. The predicted molar refractivity (Wildman–Crippen MR) is 204 cm³/mol. The number of nitrogens with zero attached hydrogens (tertiary/aromatic N) is 2. The zero-order valence-electron chi connectivity index (χ0n) is 29.7. The Morgan fingerprint density at radius 1 is 0.679 bits per heavy atom. The number of amides is 5. The van der Waals surface area contributed by atoms with Crippen LogP contribution in [0.2, 0.25) is 0 Å². The molecule has 0 saturated carbocycles. The molecular formula is C40H33N7O9. The molecule has 0 aliphatic carbocycles. The lowest BCUT2D eigenvalue weighted by Gasteiger charge is -2.18. The second-order valence-electron chi connectivity index (χ2n) is 12.2. The monoisotopic (exact) mass is 755 g/mol. The molecular weight excluding hydrogens is 722 g/mol. The van der Waals surface area contributed by atoms with Gasteiger partial charge in [-0.25, -0.2) is 9.78 Å². The highest BCUT2D eigenvalue weighted by Gasteiger charge is 2.22. The summed E-state index contributed by atoms with van der Waals surface area (Å²) in [5, 5.41) is 41.9. The zero-order chi connectivity index (χ0) is 40.4. The molecule has 5 rings (SSSR count). The molecule has 0 fully saturated rings. The third-order valence-electron chi connectivity index (χ3n) is 7.74. The number of nitriles is 1. The maximum absolute atomic E-state index is 13.1. The summed E-state index contributed by atoms with van der Waals surface area (Å²) in [7, 11) is 0. The summed E-state index contributed by atoms with van der Waals surface area (Å²) in [5.74, 6) is -4.76. The van der Waals surface area contributed by atoms with Gasteiger partial charge in [0, 0.05) is 22.5 Å². The molecule has 0 spiro atoms. The Balaban J connectivity index is 1.14. The molecule has 7 N–H and O–H groups in total. The largest absolute Gasteiger partial charge is 0.504 e. The molecule has 4 aromatic carbocycles. The topological polar surface area (TPSA) is 249 Å². The highest BCUT2D eigenvalue weighted by atomic mass is 16.5. The third kappa shape index (κ3) is 10.1. The number of rotatable bonds is 13. The van der Waals surface area contributed by atoms with Gasteiger partial charge in [-0.05, 0) is 111 Å². The number of aromatic carboxylic acids is 1. The van der Waals surface area contributed by atoms with Crippen LogP contribution in [-0.4, -0.2) is 63.4 Å². The van der Waals surface area contributed by atoms with Crippen LogP contribution in [0.4, 0.5) is 22.7 Å². The van der Waals surface area contributed by atoms with Crippen LogP contribution >= 0.6 is 0 Å². The van der Waals surface area contributed by atoms with E-state index in [-0.39, 0.29) is 51.7 Å². The summed E-state index contributed by atoms with van der Waals surface area (Å²) >= 11 is 0. The minimum atomic E-state index is -1.13. The van der Waals surface area contributed by atoms with Crippen molar-refractivity contribution in [2.24, 2.45) is 0 Å². The molecule has 0 aliphatic rings. The molecule has 56 heavy (non-hydrogen) atoms. The molecule has 5 amide bonds. The number of carbonyl (C=O) groups is 6. The first-order valence-corrected chi connectivity index (χ1v) is 16.8. The predicted octanol–water partition coefficient (Wildman–Crippen LogP) is 5.27. The van der Waals surface area contributed by atoms with E-state index in [1.807, 2.05) is 6.07 Å². The Kier molecular flexibility index (Phi) is 12.3. The summed E-state index contributed by atoms with van der Waals surface area (Å²) in [4.78, 5) is 78.9. The van der Waals surface area contributed by atoms with E-state index < -0.39 is 47.4 Å². The number of phenols is 1. The SMILES string of the molecule is CC(C)Oc1c(NC(=O)c2ccc(NC(=O)CNC(=O)c3ccc(NC(=O)c4ccc(C#N)cc4)cc3)cn2)ccc(C(=O)Nc2ccc(C(=O)O)cc2)c1O. The fourth-order valence-corrected chi connectivity index (χ4v) is 4.96. The van der Waals surface area contributed by atoms with E-state index in [1.54, 1.807) is 13.8 Å². The number of nitrogens with one attached hydrogen (secondary N) is 5. The van der Waals surface area contributed by atoms with Crippen LogP contribution in [0.25, 0.3) is 0 Å². The molecule has 0 atom stereocenters. The van der Waals surface area contributed by atoms with Crippen molar-refractivity contribution >= 4 is 58.3 Å². The molecule has 16 heteroatoms. The van der Waals surface area contributed by atoms with Crippen molar-refractivity contribution in [3.05, 3.63) is 137 Å². The smallest absolute Gasteiger partial charge is 0.335 e. The number of benzene rings is 4. The molecule has 1 heterocycles. The van der Waals surface area contributed by atoms with Crippen LogP contribution < -0.4 is 31.3 Å². The summed E-state index contributed by atoms with van der Waals surface area (Å²) in [5.41, 5.74) is 1.81. The van der Waals surface area contributed by atoms with Crippen molar-refractivity contribution in [3.63, 3.8) is 0 Å². The number of hydrogen-bond donors (Lipinski definition) is 7. The van der Waals surface area contributed by atoms with Crippen LogP contribution in [-0.2, 0) is 4.79 Å². The Morgan fingerprint density at radius 2 is 1.25 bits per heavy atom. The van der Waals surface area contributed by atoms with Gasteiger partial charge in [0.25, 0.3) is 23.6 Å². The van der Waals surface area contributed by atoms with E-state index >= 15 is 0 Å². The number of carbonyl (C=O) groups excluding carboxylic acids is 5. The number of aromatic hydroxyl groups is 1. The average Bonchev–Trinajstić information content (AvgIpc) is 3.19. The number of pyridine rings is 1. The molecule has 0 aliphatic heterocycles. The van der Waals surface area contributed by atoms with E-state index in [0.717, 1.165) is 0 Å². The minimum absolute atomic E-state index is 0.0297. The lowest BCUT2D eigenvalue weighted by atomic mass is 10.1. The van der Waals surface area contributed by atoms with Crippen molar-refractivity contribution < 1.29 is 43.7 Å². The average molecular weight is 756 g/mol. The summed E-state index contributed by atoms with van der Waals surface area (Å²) in [6.07, 6.45) is 0.768. The van der Waals surface area contributed by atoms with E-state index in [4.69, 9.17) is 15.1 Å². The van der Waals surface area contributed by atoms with Crippen molar-refractivity contribution in [3.8, 4) is 17.6 Å². The Morgan fingerprint density at radius 3 is 1.82 bits per heavy atom. The summed E-state index contributed by atoms with van der Waals surface area (Å²) in [6, 6.07) is 24.9. The number of hydrogen-bond acceptors (Lipinski definition) is 10. The summed E-state index contributed by atoms with van der Waals surface area (Å²) < 4.78 is 5.74. The fraction of sp³-hybridized carbons (Fsp3) is 0.100. The van der Waals surface area contributed by atoms with E-state index in [2.05, 4.69) is 31.6 Å². The zero-order valence-corrected chi connectivity index (χ0v) is 29.7. The van der Waals surface area contributed by atoms with Crippen LogP contribution in [0.3, 0.4) is 0 Å². The van der Waals surface area contributed by atoms with E-state index in [1.165, 1.54) is 103 Å². The third-order valence-corrected chi connectivity index (χ3v) is 7.74. The molecule has 0 radical (unpaired) electrons. The first-order valence-electron chi connectivity index (χ1n) is 16.8. The van der Waals surface area contributed by atoms with Crippen LogP contribution in [0.15, 0.2) is 103 Å². The van der Waals surface area contributed by atoms with Crippen LogP contribution in [0, 0.1) is 11.3 Å². The quantitative estimate of drug-likeness (QED) is 0.0815. The lowest BCUT2D eigenvalue weighted by Crippen LogP contribution is -2.32. The first-order chi connectivity index (χ1) is 26.8. The fourth-order valence-electron chi connectivity index (χ4n) is 4.96. The van der Waals surface area contributed by atoms with Gasteiger partial charge in [0.05, 0.1) is 53.0 Å². The van der Waals surface area contributed by atoms with Gasteiger partial charge < -0.3 is 41.5 Å². The standard InChI is InChI=1S/C40H33N7O9/c1-22(2)56-35-31(18-16-30(34(35)49)38(52)46-28-13-9-26(10-14-28)40(54)55)47-39(53)32-17-15-29(20-42-32)44-33(48)21-43-36(50)24-7-11-27(12-8-24)45-37(51)25-5-3-23(19-41)4-6-25/h3-18,20,22,49H,21H2,1-2H3,(H,43,50)(H,44,48)(H,45,51)(H,46,52)(H,47,53)(H,54,55). The van der Waals surface area contributed by atoms with Gasteiger partial charge in [-0.1, -0.05) is 0 Å². The lowest BCUT2D eigenvalue weighted by molar-refractivity contribution is -0.115. The number of phenolic OH excluding ortho intramolecular Hbond substituents is 1. The maximum atomic E-state index is 13.1. The van der Waals surface area contributed by atoms with Gasteiger partial charge in [0.2, 0.25) is 5.91 Å². The maximum Gasteiger partial charge on any atom is 0.335 e. The van der Waals surface area contributed by atoms with Crippen molar-refractivity contribution in [2.75, 3.05) is 27.8 Å². The number of aromatic nitrogens is 1. The molecule has 282 valence electrons. The summed E-state index contributed by atoms with van der Waals surface area (Å²) in [6.45, 7) is 2.98. The van der Waals surface area contributed by atoms with E-state index in [0.29, 0.717) is 16.8 Å². The van der Waals surface area contributed by atoms with Crippen LogP contribution in [0.5, 0.6) is 11.5 Å². The number of ether oxygens (including phenoxy) is 1. The van der Waals surface area contributed by atoms with Gasteiger partial charge in [-0.15, -0.1) is 0 Å². The first kappa shape index (κ1) is 39.2. The van der Waals surface area contributed by atoms with Crippen molar-refractivity contribution in [1.82, 2.24) is 10.3 Å². The molecule has 0 unspecified atom stereocenters. The second kappa shape index (κ2) is 17.6. The number of anilines is 4. The van der Waals surface area contributed by atoms with Gasteiger partial charge in [-0.2, -0.15) is 5.26 Å². The molecule has 1 aromatic heterocycles. The van der Waals surface area contributed by atoms with Crippen molar-refractivity contribution in [1.29, 1.82) is 5.26 Å². The minimum Gasteiger partial charge on any atom is -0.504 e. The second-order valence-corrected chi connectivity index (χ2v) is 12.2. The highest BCUT2D eigenvalue weighted by molar-refractivity contribution is 6.09. The van der Waals surface area contributed by atoms with E-state index in [9.17, 15) is 33.9 Å². The normalized spacial score (nSPS) is 10.4. The Labute approximate surface area is 319 Å². The number of carboxylic acids is 1. The molecule has 0 saturated heterocycles. The van der Waals surface area contributed by atoms with Gasteiger partial charge in [0.1, 0.15) is 5.69 Å². The van der Waals surface area contributed by atoms with Crippen LogP contribution in [0.1, 0.15) is 71.3 Å². The molecule has 5 aromatic rings. The van der Waals surface area contributed by atoms with Gasteiger partial charge in [0.15, 0.2) is 11.5 Å². The molecule has 16 nitrogen and oxygen atoms in total. The highest BCUT2D eigenvalue weighted by Crippen LogP contribution is 2.39. The van der Waals surface area contributed by atoms with Crippen molar-refractivity contribution in [2.45, 2.75) is 20.0 Å². The van der Waals surface area contributed by atoms with Gasteiger partial charge >= 0.3 is 5.97 Å².